The third-order valence-electron chi connectivity index (χ3n) is 3.34. The molecule has 3 N–H and O–H groups in total. The maximum atomic E-state index is 12.1. The minimum atomic E-state index is -0.230. The Hall–Kier alpha value is -1.40. The molecule has 1 aromatic rings. The van der Waals surface area contributed by atoms with E-state index in [1.807, 2.05) is 26.8 Å². The van der Waals surface area contributed by atoms with Crippen molar-refractivity contribution < 1.29 is 9.21 Å². The average molecular weight is 297 g/mol. The number of carbonyl (C=O) groups is 1. The van der Waals surface area contributed by atoms with Crippen molar-refractivity contribution in [1.82, 2.24) is 10.2 Å². The number of likely N-dealkylation sites (N-methyl/N-ethyl adjacent to an activating group) is 1. The van der Waals surface area contributed by atoms with E-state index in [2.05, 4.69) is 10.2 Å². The number of carbonyl (C=O) groups excluding carboxylic acids is 1. The summed E-state index contributed by atoms with van der Waals surface area (Å²) < 4.78 is 5.18. The minimum Gasteiger partial charge on any atom is -0.467 e. The minimum absolute atomic E-state index is 0.0293. The van der Waals surface area contributed by atoms with Gasteiger partial charge in [-0.15, -0.1) is 0 Å². The fraction of sp³-hybridized carbons (Fsp3) is 0.571. The number of furan rings is 1. The molecule has 0 bridgehead atoms. The highest BCUT2D eigenvalue weighted by molar-refractivity contribution is 7.80. The molecule has 0 aliphatic carbocycles. The molecule has 0 radical (unpaired) electrons. The molecule has 1 heterocycles. The van der Waals surface area contributed by atoms with E-state index in [0.717, 1.165) is 12.3 Å². The zero-order chi connectivity index (χ0) is 15.1. The van der Waals surface area contributed by atoms with Crippen molar-refractivity contribution in [3.63, 3.8) is 0 Å². The van der Waals surface area contributed by atoms with Gasteiger partial charge < -0.3 is 15.5 Å². The van der Waals surface area contributed by atoms with E-state index in [-0.39, 0.29) is 17.9 Å². The van der Waals surface area contributed by atoms with Crippen LogP contribution in [-0.4, -0.2) is 34.9 Å². The summed E-state index contributed by atoms with van der Waals surface area (Å²) >= 11 is 4.98. The van der Waals surface area contributed by atoms with Crippen LogP contribution in [0, 0.1) is 5.92 Å². The van der Waals surface area contributed by atoms with Gasteiger partial charge in [-0.05, 0) is 25.6 Å². The van der Waals surface area contributed by atoms with Crippen LogP contribution in [0.3, 0.4) is 0 Å². The van der Waals surface area contributed by atoms with E-state index in [1.54, 1.807) is 12.3 Å². The third kappa shape index (κ3) is 4.94. The molecule has 5 nitrogen and oxygen atoms in total. The van der Waals surface area contributed by atoms with Crippen LogP contribution < -0.4 is 11.1 Å². The zero-order valence-electron chi connectivity index (χ0n) is 12.3. The summed E-state index contributed by atoms with van der Waals surface area (Å²) in [5.74, 6) is 0.800. The smallest absolute Gasteiger partial charge is 0.237 e. The number of amides is 1. The zero-order valence-corrected chi connectivity index (χ0v) is 13.1. The van der Waals surface area contributed by atoms with Gasteiger partial charge in [-0.2, -0.15) is 0 Å². The SMILES string of the molecule is CCN(CC(C)C(N)=S)C(C)C(=O)NCc1ccco1. The van der Waals surface area contributed by atoms with Crippen molar-refractivity contribution in [2.24, 2.45) is 11.7 Å². The summed E-state index contributed by atoms with van der Waals surface area (Å²) in [5, 5.41) is 2.86. The first-order valence-corrected chi connectivity index (χ1v) is 7.20. The first kappa shape index (κ1) is 16.7. The normalized spacial score (nSPS) is 14.0. The van der Waals surface area contributed by atoms with Gasteiger partial charge in [-0.25, -0.2) is 0 Å². The molecule has 6 heteroatoms. The summed E-state index contributed by atoms with van der Waals surface area (Å²) in [5.41, 5.74) is 5.63. The molecule has 0 saturated heterocycles. The monoisotopic (exact) mass is 297 g/mol. The first-order valence-electron chi connectivity index (χ1n) is 6.79. The lowest BCUT2D eigenvalue weighted by Crippen LogP contribution is -2.47. The van der Waals surface area contributed by atoms with Gasteiger partial charge in [0.2, 0.25) is 5.91 Å². The van der Waals surface area contributed by atoms with Crippen molar-refractivity contribution >= 4 is 23.1 Å². The van der Waals surface area contributed by atoms with Gasteiger partial charge in [0.25, 0.3) is 0 Å². The van der Waals surface area contributed by atoms with Crippen molar-refractivity contribution in [3.8, 4) is 0 Å². The van der Waals surface area contributed by atoms with E-state index in [4.69, 9.17) is 22.4 Å². The summed E-state index contributed by atoms with van der Waals surface area (Å²) in [7, 11) is 0. The number of nitrogens with one attached hydrogen (secondary N) is 1. The average Bonchev–Trinajstić information content (AvgIpc) is 2.94. The van der Waals surface area contributed by atoms with Crippen molar-refractivity contribution in [1.29, 1.82) is 0 Å². The van der Waals surface area contributed by atoms with Gasteiger partial charge in [-0.1, -0.05) is 26.1 Å². The molecule has 112 valence electrons. The highest BCUT2D eigenvalue weighted by Crippen LogP contribution is 2.06. The lowest BCUT2D eigenvalue weighted by molar-refractivity contribution is -0.126. The number of rotatable bonds is 8. The molecule has 0 spiro atoms. The molecule has 1 amide bonds. The van der Waals surface area contributed by atoms with Gasteiger partial charge in [0, 0.05) is 12.5 Å². The van der Waals surface area contributed by atoms with Crippen molar-refractivity contribution in [3.05, 3.63) is 24.2 Å². The van der Waals surface area contributed by atoms with Crippen LogP contribution in [-0.2, 0) is 11.3 Å². The Labute approximate surface area is 125 Å². The first-order chi connectivity index (χ1) is 9.45. The van der Waals surface area contributed by atoms with Crippen molar-refractivity contribution in [2.75, 3.05) is 13.1 Å². The van der Waals surface area contributed by atoms with Crippen LogP contribution in [0.5, 0.6) is 0 Å². The fourth-order valence-electron chi connectivity index (χ4n) is 1.90. The maximum absolute atomic E-state index is 12.1. The van der Waals surface area contributed by atoms with E-state index in [9.17, 15) is 4.79 Å². The number of hydrogen-bond donors (Lipinski definition) is 2. The Kier molecular flexibility index (Phi) is 6.67. The highest BCUT2D eigenvalue weighted by Gasteiger charge is 2.22. The molecular weight excluding hydrogens is 274 g/mol. The molecular formula is C14H23N3O2S. The van der Waals surface area contributed by atoms with Crippen LogP contribution in [0.15, 0.2) is 22.8 Å². The largest absolute Gasteiger partial charge is 0.467 e. The highest BCUT2D eigenvalue weighted by atomic mass is 32.1. The fourth-order valence-corrected chi connectivity index (χ4v) is 1.98. The molecule has 0 aromatic carbocycles. The molecule has 1 rings (SSSR count). The van der Waals surface area contributed by atoms with E-state index in [0.29, 0.717) is 18.1 Å². The number of thiocarbonyl (C=S) groups is 1. The molecule has 1 aromatic heterocycles. The van der Waals surface area contributed by atoms with Crippen LogP contribution >= 0.6 is 12.2 Å². The maximum Gasteiger partial charge on any atom is 0.237 e. The van der Waals surface area contributed by atoms with Crippen molar-refractivity contribution in [2.45, 2.75) is 33.4 Å². The third-order valence-corrected chi connectivity index (χ3v) is 3.75. The lowest BCUT2D eigenvalue weighted by atomic mass is 10.1. The molecule has 0 aliphatic rings. The Balaban J connectivity index is 2.49. The number of nitrogens with two attached hydrogens (primary N) is 1. The predicted octanol–water partition coefficient (Wildman–Crippen LogP) is 1.53. The Bertz CT molecular complexity index is 434. The van der Waals surface area contributed by atoms with Gasteiger partial charge in [0.05, 0.1) is 23.8 Å². The number of hydrogen-bond acceptors (Lipinski definition) is 4. The second kappa shape index (κ2) is 8.01. The predicted molar refractivity (Wildman–Crippen MR) is 83.2 cm³/mol. The Morgan fingerprint density at radius 3 is 2.75 bits per heavy atom. The van der Waals surface area contributed by atoms with Gasteiger partial charge in [0.1, 0.15) is 5.76 Å². The van der Waals surface area contributed by atoms with Gasteiger partial charge >= 0.3 is 0 Å². The van der Waals surface area contributed by atoms with Gasteiger partial charge in [-0.3, -0.25) is 9.69 Å². The molecule has 20 heavy (non-hydrogen) atoms. The van der Waals surface area contributed by atoms with E-state index >= 15 is 0 Å². The van der Waals surface area contributed by atoms with E-state index < -0.39 is 0 Å². The standard InChI is InChI=1S/C14H23N3O2S/c1-4-17(9-10(2)13(15)20)11(3)14(18)16-8-12-6-5-7-19-12/h5-7,10-11H,4,8-9H2,1-3H3,(H2,15,20)(H,16,18). The summed E-state index contributed by atoms with van der Waals surface area (Å²) in [6.45, 7) is 7.72. The van der Waals surface area contributed by atoms with Crippen LogP contribution in [0.2, 0.25) is 0 Å². The van der Waals surface area contributed by atoms with Crippen LogP contribution in [0.25, 0.3) is 0 Å². The summed E-state index contributed by atoms with van der Waals surface area (Å²) in [4.78, 5) is 14.7. The quantitative estimate of drug-likeness (QED) is 0.712. The number of nitrogens with zero attached hydrogens (tertiary/aromatic N) is 1. The van der Waals surface area contributed by atoms with Crippen LogP contribution in [0.4, 0.5) is 0 Å². The molecule has 2 atom stereocenters. The molecule has 0 aliphatic heterocycles. The van der Waals surface area contributed by atoms with E-state index in [1.165, 1.54) is 0 Å². The Morgan fingerprint density at radius 1 is 1.55 bits per heavy atom. The lowest BCUT2D eigenvalue weighted by Gasteiger charge is -2.29. The second-order valence-electron chi connectivity index (χ2n) is 4.86. The second-order valence-corrected chi connectivity index (χ2v) is 5.34. The summed E-state index contributed by atoms with van der Waals surface area (Å²) in [6, 6.07) is 3.40. The van der Waals surface area contributed by atoms with Crippen LogP contribution in [0.1, 0.15) is 26.5 Å². The molecule has 2 unspecified atom stereocenters. The topological polar surface area (TPSA) is 71.5 Å². The molecule has 0 fully saturated rings. The van der Waals surface area contributed by atoms with Gasteiger partial charge in [0.15, 0.2) is 0 Å². The Morgan fingerprint density at radius 2 is 2.25 bits per heavy atom. The summed E-state index contributed by atoms with van der Waals surface area (Å²) in [6.07, 6.45) is 1.59. The molecule has 0 saturated carbocycles.